The maximum absolute atomic E-state index is 7.74. The lowest BCUT2D eigenvalue weighted by Gasteiger charge is -2.21. The van der Waals surface area contributed by atoms with Crippen LogP contribution in [0.1, 0.15) is 30.3 Å². The molecule has 32 heavy (non-hydrogen) atoms. The zero-order valence-corrected chi connectivity index (χ0v) is 18.0. The summed E-state index contributed by atoms with van der Waals surface area (Å²) in [5, 5.41) is 14.7. The summed E-state index contributed by atoms with van der Waals surface area (Å²) in [6.45, 7) is 1.21. The molecule has 4 aromatic rings. The highest BCUT2D eigenvalue weighted by molar-refractivity contribution is 6.30. The predicted octanol–water partition coefficient (Wildman–Crippen LogP) is 5.15. The molecule has 7 nitrogen and oxygen atoms in total. The average Bonchev–Trinajstić information content (AvgIpc) is 3.48. The van der Waals surface area contributed by atoms with Crippen LogP contribution in [-0.4, -0.2) is 27.5 Å². The summed E-state index contributed by atoms with van der Waals surface area (Å²) in [5.41, 5.74) is 7.61. The second-order valence-electron chi connectivity index (χ2n) is 7.83. The Morgan fingerprint density at radius 3 is 2.72 bits per heavy atom. The van der Waals surface area contributed by atoms with Crippen molar-refractivity contribution in [3.8, 4) is 17.1 Å². The minimum absolute atomic E-state index is 0.0343. The van der Waals surface area contributed by atoms with Crippen LogP contribution >= 0.6 is 11.6 Å². The number of fused-ring (bicyclic) bond motifs is 1. The Labute approximate surface area is 190 Å². The van der Waals surface area contributed by atoms with Crippen LogP contribution < -0.4 is 10.5 Å². The summed E-state index contributed by atoms with van der Waals surface area (Å²) in [6, 6.07) is 19.5. The largest absolute Gasteiger partial charge is 0.489 e. The smallest absolute Gasteiger partial charge is 0.249 e. The SMILES string of the molecule is N=C(N)N1CCC[C@H]1c1nc(-c2ccc3cc(OCc4ccc(Cl)cc4)ccc3c2)no1. The zero-order valence-electron chi connectivity index (χ0n) is 17.3. The minimum atomic E-state index is -0.130. The molecule has 1 aromatic heterocycles. The molecule has 0 bridgehead atoms. The third-order valence-corrected chi connectivity index (χ3v) is 5.93. The highest BCUT2D eigenvalue weighted by atomic mass is 35.5. The number of guanidine groups is 1. The van der Waals surface area contributed by atoms with Crippen LogP contribution in [-0.2, 0) is 6.61 Å². The first-order valence-electron chi connectivity index (χ1n) is 10.4. The molecule has 5 rings (SSSR count). The number of likely N-dealkylation sites (tertiary alicyclic amines) is 1. The first-order chi connectivity index (χ1) is 15.6. The van der Waals surface area contributed by atoms with Crippen molar-refractivity contribution in [2.45, 2.75) is 25.5 Å². The van der Waals surface area contributed by atoms with Crippen molar-refractivity contribution in [3.05, 3.63) is 77.1 Å². The highest BCUT2D eigenvalue weighted by Crippen LogP contribution is 2.32. The predicted molar refractivity (Wildman–Crippen MR) is 124 cm³/mol. The molecule has 0 amide bonds. The maximum atomic E-state index is 7.74. The van der Waals surface area contributed by atoms with Gasteiger partial charge in [-0.15, -0.1) is 0 Å². The molecule has 0 unspecified atom stereocenters. The van der Waals surface area contributed by atoms with Gasteiger partial charge in [0, 0.05) is 17.1 Å². The van der Waals surface area contributed by atoms with E-state index in [2.05, 4.69) is 10.1 Å². The van der Waals surface area contributed by atoms with Crippen molar-refractivity contribution >= 4 is 28.3 Å². The Balaban J connectivity index is 1.33. The Kier molecular flexibility index (Phi) is 5.41. The van der Waals surface area contributed by atoms with Crippen molar-refractivity contribution < 1.29 is 9.26 Å². The summed E-state index contributed by atoms with van der Waals surface area (Å²) in [4.78, 5) is 6.38. The molecule has 0 radical (unpaired) electrons. The van der Waals surface area contributed by atoms with E-state index in [0.29, 0.717) is 23.3 Å². The van der Waals surface area contributed by atoms with Gasteiger partial charge in [-0.1, -0.05) is 47.1 Å². The third-order valence-electron chi connectivity index (χ3n) is 5.68. The number of nitrogens with zero attached hydrogens (tertiary/aromatic N) is 3. The van der Waals surface area contributed by atoms with Gasteiger partial charge in [0.1, 0.15) is 18.4 Å². The van der Waals surface area contributed by atoms with Gasteiger partial charge in [-0.3, -0.25) is 5.41 Å². The lowest BCUT2D eigenvalue weighted by atomic mass is 10.1. The zero-order chi connectivity index (χ0) is 22.1. The van der Waals surface area contributed by atoms with Crippen LogP contribution in [0.25, 0.3) is 22.2 Å². The number of benzene rings is 3. The summed E-state index contributed by atoms with van der Waals surface area (Å²) in [7, 11) is 0. The lowest BCUT2D eigenvalue weighted by molar-refractivity contribution is 0.283. The molecular weight excluding hydrogens is 426 g/mol. The second kappa shape index (κ2) is 8.51. The maximum Gasteiger partial charge on any atom is 0.249 e. The molecule has 2 heterocycles. The van der Waals surface area contributed by atoms with Crippen molar-refractivity contribution in [3.63, 3.8) is 0 Å². The standard InChI is InChI=1S/C24H22ClN5O2/c25-19-8-3-15(4-9-19)14-31-20-10-7-16-12-18(6-5-17(16)13-20)22-28-23(32-29-22)21-2-1-11-30(21)24(26)27/h3-10,12-13,21H,1-2,11,14H2,(H3,26,27)/t21-/m0/s1. The van der Waals surface area contributed by atoms with Gasteiger partial charge in [0.2, 0.25) is 11.7 Å². The topological polar surface area (TPSA) is 101 Å². The Bertz CT molecular complexity index is 1270. The minimum Gasteiger partial charge on any atom is -0.489 e. The van der Waals surface area contributed by atoms with Gasteiger partial charge in [0.25, 0.3) is 0 Å². The average molecular weight is 448 g/mol. The van der Waals surface area contributed by atoms with E-state index in [9.17, 15) is 0 Å². The van der Waals surface area contributed by atoms with Crippen LogP contribution in [0.2, 0.25) is 5.02 Å². The number of nitrogens with two attached hydrogens (primary N) is 1. The Hall–Kier alpha value is -3.58. The van der Waals surface area contributed by atoms with Gasteiger partial charge < -0.3 is 19.9 Å². The second-order valence-corrected chi connectivity index (χ2v) is 8.27. The number of ether oxygens (including phenoxy) is 1. The molecule has 0 saturated carbocycles. The van der Waals surface area contributed by atoms with Gasteiger partial charge in [0.05, 0.1) is 0 Å². The summed E-state index contributed by atoms with van der Waals surface area (Å²) in [6.07, 6.45) is 1.79. The molecule has 1 aliphatic heterocycles. The molecular formula is C24H22ClN5O2. The fourth-order valence-electron chi connectivity index (χ4n) is 4.00. The van der Waals surface area contributed by atoms with E-state index in [0.717, 1.165) is 47.0 Å². The number of halogens is 1. The van der Waals surface area contributed by atoms with Crippen LogP contribution in [0.4, 0.5) is 0 Å². The van der Waals surface area contributed by atoms with E-state index < -0.39 is 0 Å². The van der Waals surface area contributed by atoms with E-state index in [1.54, 1.807) is 4.90 Å². The van der Waals surface area contributed by atoms with Crippen LogP contribution in [0, 0.1) is 5.41 Å². The molecule has 162 valence electrons. The highest BCUT2D eigenvalue weighted by Gasteiger charge is 2.31. The molecule has 0 aliphatic carbocycles. The fraction of sp³-hybridized carbons (Fsp3) is 0.208. The quantitative estimate of drug-likeness (QED) is 0.324. The molecule has 0 spiro atoms. The van der Waals surface area contributed by atoms with E-state index in [-0.39, 0.29) is 12.0 Å². The number of rotatable bonds is 5. The van der Waals surface area contributed by atoms with Crippen molar-refractivity contribution in [1.82, 2.24) is 15.0 Å². The van der Waals surface area contributed by atoms with E-state index in [1.165, 1.54) is 0 Å². The molecule has 1 aliphatic rings. The molecule has 3 aromatic carbocycles. The first-order valence-corrected chi connectivity index (χ1v) is 10.8. The Morgan fingerprint density at radius 1 is 1.12 bits per heavy atom. The summed E-state index contributed by atoms with van der Waals surface area (Å²) >= 11 is 5.93. The van der Waals surface area contributed by atoms with E-state index >= 15 is 0 Å². The lowest BCUT2D eigenvalue weighted by Crippen LogP contribution is -2.35. The van der Waals surface area contributed by atoms with Crippen LogP contribution in [0.5, 0.6) is 5.75 Å². The van der Waals surface area contributed by atoms with Gasteiger partial charge in [0.15, 0.2) is 5.96 Å². The van der Waals surface area contributed by atoms with Crippen molar-refractivity contribution in [2.75, 3.05) is 6.54 Å². The molecule has 1 atom stereocenters. The number of aromatic nitrogens is 2. The molecule has 1 saturated heterocycles. The first kappa shape index (κ1) is 20.3. The van der Waals surface area contributed by atoms with E-state index in [4.69, 9.17) is 32.0 Å². The fourth-order valence-corrected chi connectivity index (χ4v) is 4.13. The van der Waals surface area contributed by atoms with Gasteiger partial charge in [-0.05, 0) is 59.5 Å². The monoisotopic (exact) mass is 447 g/mol. The normalized spacial score (nSPS) is 15.9. The molecule has 3 N–H and O–H groups in total. The van der Waals surface area contributed by atoms with Crippen molar-refractivity contribution in [2.24, 2.45) is 5.73 Å². The molecule has 1 fully saturated rings. The number of nitrogens with one attached hydrogen (secondary N) is 1. The third kappa shape index (κ3) is 4.11. The summed E-state index contributed by atoms with van der Waals surface area (Å²) < 4.78 is 11.4. The number of hydrogen-bond donors (Lipinski definition) is 2. The Morgan fingerprint density at radius 2 is 1.91 bits per heavy atom. The van der Waals surface area contributed by atoms with Crippen LogP contribution in [0.3, 0.4) is 0 Å². The van der Waals surface area contributed by atoms with Gasteiger partial charge in [-0.2, -0.15) is 4.98 Å². The van der Waals surface area contributed by atoms with Crippen molar-refractivity contribution in [1.29, 1.82) is 5.41 Å². The van der Waals surface area contributed by atoms with E-state index in [1.807, 2.05) is 60.7 Å². The van der Waals surface area contributed by atoms with Gasteiger partial charge in [-0.25, -0.2) is 0 Å². The van der Waals surface area contributed by atoms with Gasteiger partial charge >= 0.3 is 0 Å². The molecule has 8 heteroatoms. The summed E-state index contributed by atoms with van der Waals surface area (Å²) in [5.74, 6) is 1.86. The van der Waals surface area contributed by atoms with Crippen LogP contribution in [0.15, 0.2) is 65.2 Å². The number of hydrogen-bond acceptors (Lipinski definition) is 5.